The number of piperazine rings is 1. The van der Waals surface area contributed by atoms with E-state index in [2.05, 4.69) is 38.0 Å². The molecule has 0 radical (unpaired) electrons. The Morgan fingerprint density at radius 2 is 2.15 bits per heavy atom. The van der Waals surface area contributed by atoms with Gasteiger partial charge < -0.3 is 15.0 Å². The van der Waals surface area contributed by atoms with Gasteiger partial charge >= 0.3 is 0 Å². The van der Waals surface area contributed by atoms with E-state index in [4.69, 9.17) is 4.74 Å². The summed E-state index contributed by atoms with van der Waals surface area (Å²) in [6, 6.07) is 0.498. The number of nitrogens with one attached hydrogen (secondary N) is 1. The van der Waals surface area contributed by atoms with Gasteiger partial charge in [0.15, 0.2) is 0 Å². The van der Waals surface area contributed by atoms with Crippen molar-refractivity contribution in [1.29, 1.82) is 0 Å². The van der Waals surface area contributed by atoms with Crippen molar-refractivity contribution in [3.63, 3.8) is 0 Å². The van der Waals surface area contributed by atoms with Gasteiger partial charge in [0.25, 0.3) is 0 Å². The summed E-state index contributed by atoms with van der Waals surface area (Å²) in [5.41, 5.74) is -0.0162. The summed E-state index contributed by atoms with van der Waals surface area (Å²) in [4.78, 5) is 2.34. The maximum Gasteiger partial charge on any atom is 0.0639 e. The molecule has 1 fully saturated rings. The number of likely N-dealkylation sites (N-methyl/N-ethyl adjacent to an activating group) is 1. The van der Waals surface area contributed by atoms with Crippen molar-refractivity contribution in [2.75, 3.05) is 33.3 Å². The van der Waals surface area contributed by atoms with E-state index in [1.54, 1.807) is 0 Å². The van der Waals surface area contributed by atoms with Crippen LogP contribution in [0.3, 0.4) is 0 Å². The first-order chi connectivity index (χ1) is 5.97. The van der Waals surface area contributed by atoms with Gasteiger partial charge in [0.2, 0.25) is 0 Å². The van der Waals surface area contributed by atoms with Crippen LogP contribution in [0.5, 0.6) is 0 Å². The van der Waals surface area contributed by atoms with Crippen molar-refractivity contribution in [2.45, 2.75) is 32.4 Å². The van der Waals surface area contributed by atoms with Crippen LogP contribution in [-0.4, -0.2) is 49.8 Å². The fourth-order valence-corrected chi connectivity index (χ4v) is 1.45. The molecule has 1 aliphatic rings. The van der Waals surface area contributed by atoms with Crippen LogP contribution >= 0.6 is 0 Å². The molecule has 1 unspecified atom stereocenters. The molecule has 3 nitrogen and oxygen atoms in total. The van der Waals surface area contributed by atoms with Crippen LogP contribution in [0, 0.1) is 0 Å². The summed E-state index contributed by atoms with van der Waals surface area (Å²) in [6.07, 6.45) is 0. The van der Waals surface area contributed by atoms with Gasteiger partial charge in [-0.1, -0.05) is 0 Å². The number of rotatable bonds is 2. The van der Waals surface area contributed by atoms with Crippen LogP contribution in [-0.2, 0) is 4.74 Å². The molecule has 0 aliphatic carbocycles. The highest BCUT2D eigenvalue weighted by atomic mass is 16.5. The van der Waals surface area contributed by atoms with E-state index < -0.39 is 0 Å². The largest absolute Gasteiger partial charge is 0.374 e. The SMILES string of the molecule is CN1CCNC(COC(C)(C)C)C1. The minimum atomic E-state index is -0.0162. The van der Waals surface area contributed by atoms with Crippen molar-refractivity contribution in [3.8, 4) is 0 Å². The average molecular weight is 186 g/mol. The summed E-state index contributed by atoms with van der Waals surface area (Å²) >= 11 is 0. The molecule has 13 heavy (non-hydrogen) atoms. The van der Waals surface area contributed by atoms with Gasteiger partial charge in [-0.15, -0.1) is 0 Å². The van der Waals surface area contributed by atoms with Crippen molar-refractivity contribution < 1.29 is 4.74 Å². The predicted molar refractivity (Wildman–Crippen MR) is 55.0 cm³/mol. The first kappa shape index (κ1) is 11.0. The zero-order chi connectivity index (χ0) is 9.90. The monoisotopic (exact) mass is 186 g/mol. The summed E-state index contributed by atoms with van der Waals surface area (Å²) in [6.45, 7) is 10.4. The van der Waals surface area contributed by atoms with E-state index in [9.17, 15) is 0 Å². The van der Waals surface area contributed by atoms with Crippen molar-refractivity contribution >= 4 is 0 Å². The summed E-state index contributed by atoms with van der Waals surface area (Å²) in [7, 11) is 2.16. The molecule has 0 bridgehead atoms. The molecule has 0 aromatic carbocycles. The maximum atomic E-state index is 5.73. The van der Waals surface area contributed by atoms with Crippen molar-refractivity contribution in [1.82, 2.24) is 10.2 Å². The van der Waals surface area contributed by atoms with Crippen LogP contribution in [0.1, 0.15) is 20.8 Å². The molecule has 0 spiro atoms. The number of ether oxygens (including phenoxy) is 1. The van der Waals surface area contributed by atoms with E-state index in [-0.39, 0.29) is 5.60 Å². The van der Waals surface area contributed by atoms with Crippen LogP contribution in [0.25, 0.3) is 0 Å². The molecule has 0 aromatic rings. The van der Waals surface area contributed by atoms with Crippen molar-refractivity contribution in [2.24, 2.45) is 0 Å². The van der Waals surface area contributed by atoms with Crippen LogP contribution in [0.15, 0.2) is 0 Å². The Bertz CT molecular complexity index is 153. The Morgan fingerprint density at radius 3 is 2.69 bits per heavy atom. The van der Waals surface area contributed by atoms with Gasteiger partial charge in [0.1, 0.15) is 0 Å². The van der Waals surface area contributed by atoms with Gasteiger partial charge in [-0.2, -0.15) is 0 Å². The number of hydrogen-bond acceptors (Lipinski definition) is 3. The van der Waals surface area contributed by atoms with Crippen LogP contribution in [0.4, 0.5) is 0 Å². The normalized spacial score (nSPS) is 26.3. The second kappa shape index (κ2) is 4.40. The Morgan fingerprint density at radius 1 is 1.46 bits per heavy atom. The second-order valence-electron chi connectivity index (χ2n) is 4.84. The standard InChI is InChI=1S/C10H22N2O/c1-10(2,3)13-8-9-7-12(4)6-5-11-9/h9,11H,5-8H2,1-4H3. The quantitative estimate of drug-likeness (QED) is 0.687. The molecule has 1 aliphatic heterocycles. The Hall–Kier alpha value is -0.120. The van der Waals surface area contributed by atoms with Crippen LogP contribution < -0.4 is 5.32 Å². The molecule has 1 N–H and O–H groups in total. The zero-order valence-corrected chi connectivity index (χ0v) is 9.26. The highest BCUT2D eigenvalue weighted by Gasteiger charge is 2.19. The minimum Gasteiger partial charge on any atom is -0.374 e. The highest BCUT2D eigenvalue weighted by molar-refractivity contribution is 4.77. The number of nitrogens with zero attached hydrogens (tertiary/aromatic N) is 1. The van der Waals surface area contributed by atoms with E-state index in [0.717, 1.165) is 26.2 Å². The van der Waals surface area contributed by atoms with Crippen molar-refractivity contribution in [3.05, 3.63) is 0 Å². The maximum absolute atomic E-state index is 5.73. The second-order valence-corrected chi connectivity index (χ2v) is 4.84. The van der Waals surface area contributed by atoms with E-state index in [1.165, 1.54) is 0 Å². The Kier molecular flexibility index (Phi) is 3.71. The lowest BCUT2D eigenvalue weighted by Crippen LogP contribution is -2.51. The van der Waals surface area contributed by atoms with Crippen LogP contribution in [0.2, 0.25) is 0 Å². The summed E-state index contributed by atoms with van der Waals surface area (Å²) in [5.74, 6) is 0. The Balaban J connectivity index is 2.21. The first-order valence-electron chi connectivity index (χ1n) is 5.03. The van der Waals surface area contributed by atoms with Gasteiger partial charge in [-0.05, 0) is 27.8 Å². The molecule has 0 saturated carbocycles. The topological polar surface area (TPSA) is 24.5 Å². The third-order valence-corrected chi connectivity index (χ3v) is 2.18. The predicted octanol–water partition coefficient (Wildman–Crippen LogP) is 0.705. The zero-order valence-electron chi connectivity index (χ0n) is 9.26. The van der Waals surface area contributed by atoms with Gasteiger partial charge in [0.05, 0.1) is 12.2 Å². The smallest absolute Gasteiger partial charge is 0.0639 e. The molecule has 0 aromatic heterocycles. The third-order valence-electron chi connectivity index (χ3n) is 2.18. The fourth-order valence-electron chi connectivity index (χ4n) is 1.45. The molecule has 1 saturated heterocycles. The van der Waals surface area contributed by atoms with E-state index >= 15 is 0 Å². The molecular weight excluding hydrogens is 164 g/mol. The molecule has 1 atom stereocenters. The van der Waals surface area contributed by atoms with Gasteiger partial charge in [-0.3, -0.25) is 0 Å². The lowest BCUT2D eigenvalue weighted by Gasteiger charge is -2.32. The molecule has 1 rings (SSSR count). The highest BCUT2D eigenvalue weighted by Crippen LogP contribution is 2.08. The van der Waals surface area contributed by atoms with Gasteiger partial charge in [0, 0.05) is 25.7 Å². The lowest BCUT2D eigenvalue weighted by molar-refractivity contribution is -0.0214. The molecular formula is C10H22N2O. The number of hydrogen-bond donors (Lipinski definition) is 1. The summed E-state index contributed by atoms with van der Waals surface area (Å²) < 4.78 is 5.73. The van der Waals surface area contributed by atoms with E-state index in [1.807, 2.05) is 0 Å². The fraction of sp³-hybridized carbons (Fsp3) is 1.00. The average Bonchev–Trinajstić information content (AvgIpc) is 2.00. The minimum absolute atomic E-state index is 0.0162. The molecule has 3 heteroatoms. The third kappa shape index (κ3) is 4.60. The first-order valence-corrected chi connectivity index (χ1v) is 5.03. The molecule has 1 heterocycles. The molecule has 0 amide bonds. The lowest BCUT2D eigenvalue weighted by atomic mass is 10.2. The molecule has 78 valence electrons. The summed E-state index contributed by atoms with van der Waals surface area (Å²) in [5, 5.41) is 3.46. The van der Waals surface area contributed by atoms with E-state index in [0.29, 0.717) is 6.04 Å². The van der Waals surface area contributed by atoms with Gasteiger partial charge in [-0.25, -0.2) is 0 Å². The Labute approximate surface area is 81.4 Å².